The van der Waals surface area contributed by atoms with Crippen LogP contribution < -0.4 is 5.32 Å². The van der Waals surface area contributed by atoms with Gasteiger partial charge < -0.3 is 10.2 Å². The lowest BCUT2D eigenvalue weighted by molar-refractivity contribution is 0.0779. The van der Waals surface area contributed by atoms with E-state index in [0.717, 1.165) is 15.7 Å². The van der Waals surface area contributed by atoms with Crippen LogP contribution in [0.4, 0.5) is 11.5 Å². The monoisotopic (exact) mass is 396 g/mol. The van der Waals surface area contributed by atoms with Crippen molar-refractivity contribution in [3.05, 3.63) is 82.7 Å². The van der Waals surface area contributed by atoms with Gasteiger partial charge in [-0.3, -0.25) is 4.79 Å². The first-order valence-corrected chi connectivity index (χ1v) is 8.56. The average Bonchev–Trinajstić information content (AvgIpc) is 2.64. The summed E-state index contributed by atoms with van der Waals surface area (Å²) in [5.74, 6) is 0.415. The van der Waals surface area contributed by atoms with Crippen LogP contribution in [0.1, 0.15) is 16.1 Å². The fourth-order valence-electron chi connectivity index (χ4n) is 2.33. The van der Waals surface area contributed by atoms with Crippen molar-refractivity contribution < 1.29 is 4.79 Å². The second-order valence-electron chi connectivity index (χ2n) is 5.54. The van der Waals surface area contributed by atoms with E-state index < -0.39 is 0 Å². The first-order chi connectivity index (χ1) is 12.1. The molecule has 1 amide bonds. The number of rotatable bonds is 5. The third-order valence-electron chi connectivity index (χ3n) is 3.62. The number of anilines is 2. The summed E-state index contributed by atoms with van der Waals surface area (Å²) in [5.41, 5.74) is 2.27. The maximum Gasteiger partial charge on any atom is 0.274 e. The zero-order valence-corrected chi connectivity index (χ0v) is 15.3. The number of halogens is 1. The quantitative estimate of drug-likeness (QED) is 0.699. The molecule has 1 aromatic heterocycles. The van der Waals surface area contributed by atoms with E-state index >= 15 is 0 Å². The highest BCUT2D eigenvalue weighted by atomic mass is 79.9. The van der Waals surface area contributed by atoms with Gasteiger partial charge in [0.2, 0.25) is 0 Å². The van der Waals surface area contributed by atoms with Crippen molar-refractivity contribution in [2.24, 2.45) is 0 Å². The molecule has 126 valence electrons. The Labute approximate surface area is 154 Å². The van der Waals surface area contributed by atoms with Crippen molar-refractivity contribution in [1.82, 2.24) is 14.9 Å². The molecular weight excluding hydrogens is 380 g/mol. The standard InChI is InChI=1S/C19H17BrN4O/c1-24(13-14-7-3-2-4-8-14)19(25)17-11-22-18(12-21-17)23-16-10-6-5-9-15(16)20/h2-12H,13H2,1H3,(H,22,23). The third kappa shape index (κ3) is 4.42. The number of aromatic nitrogens is 2. The Hall–Kier alpha value is -2.73. The second kappa shape index (κ2) is 7.90. The van der Waals surface area contributed by atoms with Gasteiger partial charge in [0.05, 0.1) is 18.1 Å². The predicted molar refractivity (Wildman–Crippen MR) is 102 cm³/mol. The van der Waals surface area contributed by atoms with Crippen LogP contribution in [0.5, 0.6) is 0 Å². The van der Waals surface area contributed by atoms with E-state index in [1.807, 2.05) is 54.6 Å². The summed E-state index contributed by atoms with van der Waals surface area (Å²) in [4.78, 5) is 22.6. The second-order valence-corrected chi connectivity index (χ2v) is 6.39. The number of nitrogens with zero attached hydrogens (tertiary/aromatic N) is 3. The summed E-state index contributed by atoms with van der Waals surface area (Å²) in [7, 11) is 1.75. The Morgan fingerprint density at radius 2 is 1.76 bits per heavy atom. The Morgan fingerprint density at radius 3 is 2.44 bits per heavy atom. The van der Waals surface area contributed by atoms with E-state index in [2.05, 4.69) is 31.2 Å². The minimum absolute atomic E-state index is 0.163. The summed E-state index contributed by atoms with van der Waals surface area (Å²) in [6, 6.07) is 17.6. The smallest absolute Gasteiger partial charge is 0.274 e. The largest absolute Gasteiger partial charge is 0.338 e. The number of carbonyl (C=O) groups excluding carboxylic acids is 1. The number of hydrogen-bond donors (Lipinski definition) is 1. The van der Waals surface area contributed by atoms with E-state index in [9.17, 15) is 4.79 Å². The number of benzene rings is 2. The van der Waals surface area contributed by atoms with E-state index in [1.54, 1.807) is 18.1 Å². The molecule has 25 heavy (non-hydrogen) atoms. The highest BCUT2D eigenvalue weighted by Gasteiger charge is 2.14. The number of amides is 1. The molecule has 0 unspecified atom stereocenters. The van der Waals surface area contributed by atoms with E-state index in [4.69, 9.17) is 0 Å². The summed E-state index contributed by atoms with van der Waals surface area (Å²) < 4.78 is 0.930. The van der Waals surface area contributed by atoms with Crippen molar-refractivity contribution in [3.8, 4) is 0 Å². The molecule has 0 aliphatic rings. The van der Waals surface area contributed by atoms with Gasteiger partial charge in [0.1, 0.15) is 11.5 Å². The molecule has 0 atom stereocenters. The van der Waals surface area contributed by atoms with Gasteiger partial charge in [-0.2, -0.15) is 0 Å². The van der Waals surface area contributed by atoms with Gasteiger partial charge in [-0.05, 0) is 33.6 Å². The molecule has 1 heterocycles. The summed E-state index contributed by atoms with van der Waals surface area (Å²) in [6.07, 6.45) is 3.05. The van der Waals surface area contributed by atoms with Crippen LogP contribution in [0.25, 0.3) is 0 Å². The normalized spacial score (nSPS) is 10.3. The van der Waals surface area contributed by atoms with Crippen molar-refractivity contribution in [1.29, 1.82) is 0 Å². The van der Waals surface area contributed by atoms with Gasteiger partial charge in [0, 0.05) is 18.1 Å². The Kier molecular flexibility index (Phi) is 5.40. The molecule has 0 fully saturated rings. The number of carbonyl (C=O) groups is 1. The molecule has 3 rings (SSSR count). The lowest BCUT2D eigenvalue weighted by Crippen LogP contribution is -2.27. The topological polar surface area (TPSA) is 58.1 Å². The van der Waals surface area contributed by atoms with E-state index in [0.29, 0.717) is 18.1 Å². The van der Waals surface area contributed by atoms with Crippen molar-refractivity contribution >= 4 is 33.3 Å². The van der Waals surface area contributed by atoms with Gasteiger partial charge >= 0.3 is 0 Å². The van der Waals surface area contributed by atoms with Crippen LogP contribution >= 0.6 is 15.9 Å². The minimum atomic E-state index is -0.163. The first-order valence-electron chi connectivity index (χ1n) is 7.76. The third-order valence-corrected chi connectivity index (χ3v) is 4.31. The maximum absolute atomic E-state index is 12.5. The molecule has 0 saturated carbocycles. The van der Waals surface area contributed by atoms with E-state index in [-0.39, 0.29) is 5.91 Å². The van der Waals surface area contributed by atoms with E-state index in [1.165, 1.54) is 6.20 Å². The maximum atomic E-state index is 12.5. The first kappa shape index (κ1) is 17.1. The highest BCUT2D eigenvalue weighted by molar-refractivity contribution is 9.10. The molecule has 0 aliphatic carbocycles. The van der Waals surface area contributed by atoms with Crippen LogP contribution in [0, 0.1) is 0 Å². The van der Waals surface area contributed by atoms with Crippen LogP contribution in [-0.4, -0.2) is 27.8 Å². The summed E-state index contributed by atoms with van der Waals surface area (Å²) in [6.45, 7) is 0.526. The molecule has 2 aromatic carbocycles. The minimum Gasteiger partial charge on any atom is -0.338 e. The van der Waals surface area contributed by atoms with Crippen LogP contribution in [-0.2, 0) is 6.54 Å². The molecule has 6 heteroatoms. The van der Waals surface area contributed by atoms with Gasteiger partial charge in [0.25, 0.3) is 5.91 Å². The molecule has 0 bridgehead atoms. The average molecular weight is 397 g/mol. The molecule has 0 saturated heterocycles. The Morgan fingerprint density at radius 1 is 1.04 bits per heavy atom. The molecule has 5 nitrogen and oxygen atoms in total. The summed E-state index contributed by atoms with van der Waals surface area (Å²) in [5, 5.41) is 3.16. The van der Waals surface area contributed by atoms with Gasteiger partial charge in [-0.15, -0.1) is 0 Å². The number of nitrogens with one attached hydrogen (secondary N) is 1. The molecule has 0 spiro atoms. The number of para-hydroxylation sites is 1. The molecule has 0 aliphatic heterocycles. The zero-order chi connectivity index (χ0) is 17.6. The predicted octanol–water partition coefficient (Wildman–Crippen LogP) is 4.25. The zero-order valence-electron chi connectivity index (χ0n) is 13.7. The Bertz CT molecular complexity index is 853. The molecule has 0 radical (unpaired) electrons. The fourth-order valence-corrected chi connectivity index (χ4v) is 2.71. The SMILES string of the molecule is CN(Cc1ccccc1)C(=O)c1cnc(Nc2ccccc2Br)cn1. The van der Waals surface area contributed by atoms with Crippen molar-refractivity contribution in [2.75, 3.05) is 12.4 Å². The number of hydrogen-bond acceptors (Lipinski definition) is 4. The lowest BCUT2D eigenvalue weighted by atomic mass is 10.2. The van der Waals surface area contributed by atoms with Crippen molar-refractivity contribution in [3.63, 3.8) is 0 Å². The van der Waals surface area contributed by atoms with Gasteiger partial charge in [-0.1, -0.05) is 42.5 Å². The van der Waals surface area contributed by atoms with Crippen LogP contribution in [0.15, 0.2) is 71.5 Å². The Balaban J connectivity index is 1.67. The van der Waals surface area contributed by atoms with Gasteiger partial charge in [0.15, 0.2) is 0 Å². The molecule has 3 aromatic rings. The highest BCUT2D eigenvalue weighted by Crippen LogP contribution is 2.24. The summed E-state index contributed by atoms with van der Waals surface area (Å²) >= 11 is 3.47. The van der Waals surface area contributed by atoms with Crippen molar-refractivity contribution in [2.45, 2.75) is 6.54 Å². The lowest BCUT2D eigenvalue weighted by Gasteiger charge is -2.16. The van der Waals surface area contributed by atoms with Crippen LogP contribution in [0.2, 0.25) is 0 Å². The van der Waals surface area contributed by atoms with Crippen LogP contribution in [0.3, 0.4) is 0 Å². The fraction of sp³-hybridized carbons (Fsp3) is 0.105. The molecule has 1 N–H and O–H groups in total. The molecular formula is C19H17BrN4O. The van der Waals surface area contributed by atoms with Gasteiger partial charge in [-0.25, -0.2) is 9.97 Å².